The number of nitrogens with one attached hydrogen (secondary N) is 1. The molecule has 0 fully saturated rings. The third-order valence-corrected chi connectivity index (χ3v) is 1.93. The number of halogens is 3. The molecular weight excluding hydrogens is 276 g/mol. The van der Waals surface area contributed by atoms with E-state index in [1.807, 2.05) is 0 Å². The minimum atomic E-state index is -1.61. The van der Waals surface area contributed by atoms with Crippen molar-refractivity contribution in [2.24, 2.45) is 7.05 Å². The van der Waals surface area contributed by atoms with Crippen molar-refractivity contribution in [2.75, 3.05) is 11.9 Å². The molecule has 0 atom stereocenters. The van der Waals surface area contributed by atoms with E-state index in [1.54, 1.807) is 20.0 Å². The molecular formula is C8H10Cl3N3O2. The molecule has 0 bridgehead atoms. The lowest BCUT2D eigenvalue weighted by atomic mass is 10.5. The van der Waals surface area contributed by atoms with Gasteiger partial charge in [-0.2, -0.15) is 5.10 Å². The van der Waals surface area contributed by atoms with E-state index in [9.17, 15) is 4.79 Å². The van der Waals surface area contributed by atoms with Gasteiger partial charge in [0, 0.05) is 13.1 Å². The Morgan fingerprint density at radius 3 is 2.69 bits per heavy atom. The lowest BCUT2D eigenvalue weighted by molar-refractivity contribution is 0.163. The van der Waals surface area contributed by atoms with Crippen LogP contribution < -0.4 is 5.32 Å². The highest BCUT2D eigenvalue weighted by molar-refractivity contribution is 6.67. The molecule has 0 spiro atoms. The Hall–Kier alpha value is -0.650. The normalized spacial score (nSPS) is 11.3. The van der Waals surface area contributed by atoms with Crippen LogP contribution in [0.5, 0.6) is 0 Å². The predicted molar refractivity (Wildman–Crippen MR) is 63.2 cm³/mol. The minimum absolute atomic E-state index is 0.319. The summed E-state index contributed by atoms with van der Waals surface area (Å²) < 4.78 is 4.58. The van der Waals surface area contributed by atoms with Crippen LogP contribution in [0, 0.1) is 6.92 Å². The first-order valence-electron chi connectivity index (χ1n) is 4.29. The van der Waals surface area contributed by atoms with Gasteiger partial charge in [0.05, 0.1) is 5.69 Å². The Labute approximate surface area is 108 Å². The molecule has 1 aromatic rings. The highest BCUT2D eigenvalue weighted by Crippen LogP contribution is 2.26. The van der Waals surface area contributed by atoms with Crippen LogP contribution in [0.15, 0.2) is 6.07 Å². The largest absolute Gasteiger partial charge is 0.445 e. The summed E-state index contributed by atoms with van der Waals surface area (Å²) in [4.78, 5) is 11.3. The van der Waals surface area contributed by atoms with Crippen LogP contribution in [0.4, 0.5) is 10.6 Å². The zero-order valence-electron chi connectivity index (χ0n) is 8.63. The Balaban J connectivity index is 2.49. The number of hydrogen-bond acceptors (Lipinski definition) is 3. The molecule has 1 heterocycles. The van der Waals surface area contributed by atoms with E-state index in [1.165, 1.54) is 4.68 Å². The van der Waals surface area contributed by atoms with Gasteiger partial charge in [0.2, 0.25) is 3.79 Å². The van der Waals surface area contributed by atoms with Crippen LogP contribution >= 0.6 is 34.8 Å². The number of amides is 1. The SMILES string of the molecule is Cc1cc(NC(=O)OCC(Cl)(Cl)Cl)n(C)n1. The van der Waals surface area contributed by atoms with E-state index in [0.717, 1.165) is 5.69 Å². The van der Waals surface area contributed by atoms with Crippen LogP contribution in [0.25, 0.3) is 0 Å². The van der Waals surface area contributed by atoms with E-state index in [4.69, 9.17) is 34.8 Å². The second-order valence-electron chi connectivity index (χ2n) is 3.11. The number of carbonyl (C=O) groups is 1. The van der Waals surface area contributed by atoms with Gasteiger partial charge in [-0.05, 0) is 6.92 Å². The molecule has 0 aliphatic heterocycles. The molecule has 1 N–H and O–H groups in total. The molecule has 0 aromatic carbocycles. The van der Waals surface area contributed by atoms with Crippen molar-refractivity contribution in [2.45, 2.75) is 10.7 Å². The number of alkyl halides is 3. The van der Waals surface area contributed by atoms with E-state index in [0.29, 0.717) is 5.82 Å². The van der Waals surface area contributed by atoms with Crippen molar-refractivity contribution < 1.29 is 9.53 Å². The lowest BCUT2D eigenvalue weighted by Crippen LogP contribution is -2.22. The summed E-state index contributed by atoms with van der Waals surface area (Å²) >= 11 is 16.3. The summed E-state index contributed by atoms with van der Waals surface area (Å²) in [5, 5.41) is 6.51. The number of hydrogen-bond donors (Lipinski definition) is 1. The van der Waals surface area contributed by atoms with Crippen LogP contribution in [-0.4, -0.2) is 26.3 Å². The number of rotatable bonds is 2. The quantitative estimate of drug-likeness (QED) is 0.850. The highest BCUT2D eigenvalue weighted by atomic mass is 35.6. The number of aryl methyl sites for hydroxylation is 2. The summed E-state index contributed by atoms with van der Waals surface area (Å²) in [5.41, 5.74) is 0.777. The molecule has 8 heteroatoms. The van der Waals surface area contributed by atoms with Crippen LogP contribution in [0.1, 0.15) is 5.69 Å². The maximum atomic E-state index is 11.3. The number of nitrogens with zero attached hydrogens (tertiary/aromatic N) is 2. The Morgan fingerprint density at radius 2 is 2.25 bits per heavy atom. The average molecular weight is 287 g/mol. The fourth-order valence-corrected chi connectivity index (χ4v) is 1.18. The molecule has 5 nitrogen and oxygen atoms in total. The van der Waals surface area contributed by atoms with E-state index < -0.39 is 9.89 Å². The van der Waals surface area contributed by atoms with Crippen molar-refractivity contribution >= 4 is 46.7 Å². The summed E-state index contributed by atoms with van der Waals surface area (Å²) in [6.07, 6.45) is -0.700. The summed E-state index contributed by atoms with van der Waals surface area (Å²) in [5.74, 6) is 0.506. The first-order valence-corrected chi connectivity index (χ1v) is 5.42. The molecule has 0 saturated heterocycles. The molecule has 0 radical (unpaired) electrons. The smallest absolute Gasteiger partial charge is 0.412 e. The molecule has 1 aromatic heterocycles. The molecule has 0 saturated carbocycles. The fourth-order valence-electron chi connectivity index (χ4n) is 1.02. The number of aromatic nitrogens is 2. The molecule has 90 valence electrons. The van der Waals surface area contributed by atoms with Crippen molar-refractivity contribution in [1.29, 1.82) is 0 Å². The third kappa shape index (κ3) is 4.47. The Kier molecular flexibility index (Phi) is 4.29. The van der Waals surface area contributed by atoms with Gasteiger partial charge in [-0.15, -0.1) is 0 Å². The third-order valence-electron chi connectivity index (χ3n) is 1.60. The Morgan fingerprint density at radius 1 is 1.62 bits per heavy atom. The van der Waals surface area contributed by atoms with Gasteiger partial charge >= 0.3 is 6.09 Å². The number of carbonyl (C=O) groups excluding carboxylic acids is 1. The van der Waals surface area contributed by atoms with E-state index in [-0.39, 0.29) is 6.61 Å². The summed E-state index contributed by atoms with van der Waals surface area (Å²) in [7, 11) is 1.69. The Bertz CT molecular complexity index is 386. The van der Waals surface area contributed by atoms with Gasteiger partial charge < -0.3 is 4.74 Å². The highest BCUT2D eigenvalue weighted by Gasteiger charge is 2.22. The topological polar surface area (TPSA) is 56.1 Å². The van der Waals surface area contributed by atoms with Crippen molar-refractivity contribution in [3.8, 4) is 0 Å². The molecule has 0 aliphatic carbocycles. The second kappa shape index (κ2) is 5.12. The monoisotopic (exact) mass is 285 g/mol. The average Bonchev–Trinajstić information content (AvgIpc) is 2.41. The van der Waals surface area contributed by atoms with Crippen molar-refractivity contribution in [3.63, 3.8) is 0 Å². The van der Waals surface area contributed by atoms with Crippen molar-refractivity contribution in [1.82, 2.24) is 9.78 Å². The maximum Gasteiger partial charge on any atom is 0.412 e. The summed E-state index contributed by atoms with van der Waals surface area (Å²) in [6, 6.07) is 1.69. The van der Waals surface area contributed by atoms with Gasteiger partial charge in [-0.3, -0.25) is 10.00 Å². The van der Waals surface area contributed by atoms with Gasteiger partial charge in [0.15, 0.2) is 0 Å². The zero-order chi connectivity index (χ0) is 12.3. The van der Waals surface area contributed by atoms with Crippen LogP contribution in [0.3, 0.4) is 0 Å². The lowest BCUT2D eigenvalue weighted by Gasteiger charge is -2.11. The molecule has 0 aliphatic rings. The molecule has 0 unspecified atom stereocenters. The van der Waals surface area contributed by atoms with Gasteiger partial charge in [-0.25, -0.2) is 4.79 Å². The molecule has 1 amide bonds. The minimum Gasteiger partial charge on any atom is -0.445 e. The maximum absolute atomic E-state index is 11.3. The number of anilines is 1. The van der Waals surface area contributed by atoms with Gasteiger partial charge in [-0.1, -0.05) is 34.8 Å². The standard InChI is InChI=1S/C8H10Cl3N3O2/c1-5-3-6(14(2)13-5)12-7(15)16-4-8(9,10)11/h3H,4H2,1-2H3,(H,12,15). The van der Waals surface area contributed by atoms with Crippen LogP contribution in [0.2, 0.25) is 0 Å². The van der Waals surface area contributed by atoms with Gasteiger partial charge in [0.1, 0.15) is 12.4 Å². The first-order chi connectivity index (χ1) is 7.28. The first kappa shape index (κ1) is 13.4. The number of ether oxygens (including phenoxy) is 1. The second-order valence-corrected chi connectivity index (χ2v) is 5.63. The summed E-state index contributed by atoms with van der Waals surface area (Å²) in [6.45, 7) is 1.48. The van der Waals surface area contributed by atoms with E-state index in [2.05, 4.69) is 15.2 Å². The predicted octanol–water partition coefficient (Wildman–Crippen LogP) is 2.65. The zero-order valence-corrected chi connectivity index (χ0v) is 10.9. The van der Waals surface area contributed by atoms with Crippen molar-refractivity contribution in [3.05, 3.63) is 11.8 Å². The van der Waals surface area contributed by atoms with E-state index >= 15 is 0 Å². The molecule has 1 rings (SSSR count). The molecule has 16 heavy (non-hydrogen) atoms. The van der Waals surface area contributed by atoms with Crippen LogP contribution in [-0.2, 0) is 11.8 Å². The van der Waals surface area contributed by atoms with Gasteiger partial charge in [0.25, 0.3) is 0 Å². The fraction of sp³-hybridized carbons (Fsp3) is 0.500.